The number of amides is 3. The van der Waals surface area contributed by atoms with Crippen LogP contribution in [0.5, 0.6) is 0 Å². The summed E-state index contributed by atoms with van der Waals surface area (Å²) in [5.74, 6) is 0.182. The van der Waals surface area contributed by atoms with Crippen LogP contribution < -0.4 is 10.2 Å². The normalized spacial score (nSPS) is 17.1. The van der Waals surface area contributed by atoms with Crippen LogP contribution >= 0.6 is 0 Å². The average molecular weight is 406 g/mol. The summed E-state index contributed by atoms with van der Waals surface area (Å²) in [6, 6.07) is 12.3. The molecular weight excluding hydrogens is 374 g/mol. The molecule has 2 aromatic rings. The lowest BCUT2D eigenvalue weighted by molar-refractivity contribution is -0.122. The molecule has 1 N–H and O–H groups in total. The molecule has 0 aromatic heterocycles. The van der Waals surface area contributed by atoms with Gasteiger partial charge in [-0.25, -0.2) is 4.79 Å². The van der Waals surface area contributed by atoms with E-state index >= 15 is 0 Å². The summed E-state index contributed by atoms with van der Waals surface area (Å²) < 4.78 is 0. The van der Waals surface area contributed by atoms with E-state index in [1.165, 1.54) is 11.1 Å². The minimum Gasteiger partial charge on any atom is -0.324 e. The summed E-state index contributed by atoms with van der Waals surface area (Å²) >= 11 is 0. The van der Waals surface area contributed by atoms with Crippen LogP contribution in [0.3, 0.4) is 0 Å². The van der Waals surface area contributed by atoms with Gasteiger partial charge in [-0.15, -0.1) is 0 Å². The first kappa shape index (κ1) is 20.5. The topological polar surface area (TPSA) is 52.6 Å². The summed E-state index contributed by atoms with van der Waals surface area (Å²) in [6.07, 6.45) is 3.94. The van der Waals surface area contributed by atoms with Crippen molar-refractivity contribution in [2.24, 2.45) is 5.92 Å². The number of hydrogen-bond donors (Lipinski definition) is 1. The van der Waals surface area contributed by atoms with Crippen LogP contribution in [0.15, 0.2) is 36.4 Å². The van der Waals surface area contributed by atoms with Gasteiger partial charge in [0, 0.05) is 25.6 Å². The van der Waals surface area contributed by atoms with Crippen molar-refractivity contribution in [3.63, 3.8) is 0 Å². The third-order valence-electron chi connectivity index (χ3n) is 6.43. The Balaban J connectivity index is 1.54. The van der Waals surface area contributed by atoms with Crippen molar-refractivity contribution >= 4 is 23.3 Å². The van der Waals surface area contributed by atoms with E-state index in [1.807, 2.05) is 34.9 Å². The van der Waals surface area contributed by atoms with E-state index in [9.17, 15) is 9.59 Å². The first-order valence-corrected chi connectivity index (χ1v) is 11.0. The quantitative estimate of drug-likeness (QED) is 0.745. The predicted octanol–water partition coefficient (Wildman–Crippen LogP) is 5.18. The molecule has 1 aliphatic carbocycles. The Labute approximate surface area is 179 Å². The van der Waals surface area contributed by atoms with Crippen LogP contribution in [0, 0.1) is 26.7 Å². The van der Waals surface area contributed by atoms with E-state index in [-0.39, 0.29) is 17.9 Å². The molecular formula is C25H31N3O2. The lowest BCUT2D eigenvalue weighted by Gasteiger charge is -2.37. The number of carbonyl (C=O) groups excluding carboxylic acids is 2. The molecule has 1 saturated carbocycles. The first-order valence-electron chi connectivity index (χ1n) is 11.0. The highest BCUT2D eigenvalue weighted by Gasteiger charge is 2.30. The van der Waals surface area contributed by atoms with Crippen LogP contribution in [-0.2, 0) is 11.3 Å². The van der Waals surface area contributed by atoms with Crippen molar-refractivity contribution in [3.8, 4) is 0 Å². The van der Waals surface area contributed by atoms with Crippen LogP contribution in [0.25, 0.3) is 0 Å². The van der Waals surface area contributed by atoms with Gasteiger partial charge in [0.05, 0.1) is 11.4 Å². The molecule has 0 radical (unpaired) electrons. The molecule has 5 heteroatoms. The first-order chi connectivity index (χ1) is 14.4. The van der Waals surface area contributed by atoms with Crippen molar-refractivity contribution < 1.29 is 9.59 Å². The highest BCUT2D eigenvalue weighted by Crippen LogP contribution is 2.33. The Morgan fingerprint density at radius 3 is 2.50 bits per heavy atom. The third kappa shape index (κ3) is 4.20. The molecule has 2 aromatic carbocycles. The highest BCUT2D eigenvalue weighted by molar-refractivity contribution is 6.01. The number of benzene rings is 2. The number of rotatable bonds is 5. The van der Waals surface area contributed by atoms with Crippen molar-refractivity contribution in [3.05, 3.63) is 58.7 Å². The summed E-state index contributed by atoms with van der Waals surface area (Å²) in [4.78, 5) is 29.6. The minimum absolute atomic E-state index is 0.00229. The van der Waals surface area contributed by atoms with Crippen LogP contribution in [-0.4, -0.2) is 29.9 Å². The lowest BCUT2D eigenvalue weighted by atomic mass is 9.85. The van der Waals surface area contributed by atoms with Crippen molar-refractivity contribution in [1.29, 1.82) is 0 Å². The van der Waals surface area contributed by atoms with Crippen molar-refractivity contribution in [2.45, 2.75) is 53.0 Å². The Kier molecular flexibility index (Phi) is 5.80. The maximum Gasteiger partial charge on any atom is 0.324 e. The molecule has 3 amide bonds. The Morgan fingerprint density at radius 2 is 1.80 bits per heavy atom. The van der Waals surface area contributed by atoms with Gasteiger partial charge in [0.2, 0.25) is 5.91 Å². The molecule has 0 bridgehead atoms. The maximum atomic E-state index is 13.3. The Morgan fingerprint density at radius 1 is 1.00 bits per heavy atom. The van der Waals surface area contributed by atoms with E-state index in [0.29, 0.717) is 13.1 Å². The summed E-state index contributed by atoms with van der Waals surface area (Å²) in [7, 11) is 0. The largest absolute Gasteiger partial charge is 0.324 e. The van der Waals surface area contributed by atoms with Gasteiger partial charge in [0.25, 0.3) is 0 Å². The number of hydrogen-bond acceptors (Lipinski definition) is 2. The second-order valence-corrected chi connectivity index (χ2v) is 8.77. The third-order valence-corrected chi connectivity index (χ3v) is 6.43. The molecule has 4 rings (SSSR count). The smallest absolute Gasteiger partial charge is 0.324 e. The molecule has 158 valence electrons. The molecule has 2 aliphatic rings. The van der Waals surface area contributed by atoms with Crippen LogP contribution in [0.1, 0.15) is 47.9 Å². The predicted molar refractivity (Wildman–Crippen MR) is 121 cm³/mol. The van der Waals surface area contributed by atoms with Gasteiger partial charge in [0.1, 0.15) is 0 Å². The number of carbonyl (C=O) groups is 2. The standard InChI is InChI=1S/C25H31N3O2/c1-17-8-11-23(22(14-17)26-24(29)21-6-4-7-21)28-13-5-12-27(25(28)30)16-20-10-9-18(2)19(3)15-20/h8-11,14-15,21H,4-7,12-13,16H2,1-3H3,(H,26,29). The molecule has 1 aliphatic heterocycles. The summed E-state index contributed by atoms with van der Waals surface area (Å²) in [5, 5.41) is 3.10. The lowest BCUT2D eigenvalue weighted by Crippen LogP contribution is -2.49. The van der Waals surface area contributed by atoms with Gasteiger partial charge < -0.3 is 10.2 Å². The van der Waals surface area contributed by atoms with Crippen LogP contribution in [0.2, 0.25) is 0 Å². The Hall–Kier alpha value is -2.82. The average Bonchev–Trinajstić information content (AvgIpc) is 2.65. The Bertz CT molecular complexity index is 965. The van der Waals surface area contributed by atoms with E-state index in [1.54, 1.807) is 0 Å². The number of nitrogens with zero attached hydrogens (tertiary/aromatic N) is 2. The minimum atomic E-state index is 0.00229. The van der Waals surface area contributed by atoms with E-state index < -0.39 is 0 Å². The van der Waals surface area contributed by atoms with Gasteiger partial charge in [-0.3, -0.25) is 9.69 Å². The molecule has 0 atom stereocenters. The zero-order chi connectivity index (χ0) is 21.3. The van der Waals surface area contributed by atoms with Gasteiger partial charge in [0.15, 0.2) is 0 Å². The molecule has 0 unspecified atom stereocenters. The van der Waals surface area contributed by atoms with Gasteiger partial charge in [-0.1, -0.05) is 30.7 Å². The SMILES string of the molecule is Cc1ccc(N2CCCN(Cc3ccc(C)c(C)c3)C2=O)c(NC(=O)C2CCC2)c1. The fraction of sp³-hybridized carbons (Fsp3) is 0.440. The number of anilines is 2. The van der Waals surface area contributed by atoms with E-state index in [2.05, 4.69) is 37.4 Å². The van der Waals surface area contributed by atoms with Crippen molar-refractivity contribution in [2.75, 3.05) is 23.3 Å². The number of urea groups is 1. The maximum absolute atomic E-state index is 13.3. The second-order valence-electron chi connectivity index (χ2n) is 8.77. The molecule has 2 fully saturated rings. The fourth-order valence-corrected chi connectivity index (χ4v) is 4.16. The molecule has 0 spiro atoms. The van der Waals surface area contributed by atoms with Gasteiger partial charge >= 0.3 is 6.03 Å². The molecule has 30 heavy (non-hydrogen) atoms. The number of nitrogens with one attached hydrogen (secondary N) is 1. The monoisotopic (exact) mass is 405 g/mol. The van der Waals surface area contributed by atoms with E-state index in [4.69, 9.17) is 0 Å². The zero-order valence-electron chi connectivity index (χ0n) is 18.2. The van der Waals surface area contributed by atoms with Crippen LogP contribution in [0.4, 0.5) is 16.2 Å². The number of aryl methyl sites for hydroxylation is 3. The van der Waals surface area contributed by atoms with Crippen molar-refractivity contribution in [1.82, 2.24) is 4.90 Å². The zero-order valence-corrected chi connectivity index (χ0v) is 18.2. The molecule has 1 saturated heterocycles. The summed E-state index contributed by atoms with van der Waals surface area (Å²) in [5.41, 5.74) is 6.26. The molecule has 5 nitrogen and oxygen atoms in total. The van der Waals surface area contributed by atoms with Gasteiger partial charge in [-0.2, -0.15) is 0 Å². The van der Waals surface area contributed by atoms with E-state index in [0.717, 1.165) is 54.7 Å². The summed E-state index contributed by atoms with van der Waals surface area (Å²) in [6.45, 7) is 8.23. The van der Waals surface area contributed by atoms with Gasteiger partial charge in [-0.05, 0) is 74.4 Å². The second kappa shape index (κ2) is 8.50. The molecule has 1 heterocycles. The highest BCUT2D eigenvalue weighted by atomic mass is 16.2. The fourth-order valence-electron chi connectivity index (χ4n) is 4.16.